The average Bonchev–Trinajstić information content (AvgIpc) is 2.47. The van der Waals surface area contributed by atoms with Crippen molar-refractivity contribution in [1.29, 1.82) is 0 Å². The molecule has 1 N–H and O–H groups in total. The quantitative estimate of drug-likeness (QED) is 0.737. The van der Waals surface area contributed by atoms with E-state index < -0.39 is 5.97 Å². The molecule has 3 nitrogen and oxygen atoms in total. The zero-order valence-electron chi connectivity index (χ0n) is 13.8. The summed E-state index contributed by atoms with van der Waals surface area (Å²) < 4.78 is 0. The number of fused-ring (bicyclic) bond motifs is 1. The van der Waals surface area contributed by atoms with Gasteiger partial charge in [0.25, 0.3) is 0 Å². The van der Waals surface area contributed by atoms with Crippen LogP contribution in [0, 0.1) is 27.7 Å². The Morgan fingerprint density at radius 1 is 0.957 bits per heavy atom. The van der Waals surface area contributed by atoms with Crippen LogP contribution in [-0.4, -0.2) is 16.1 Å². The van der Waals surface area contributed by atoms with Crippen LogP contribution in [-0.2, 0) is 0 Å². The number of nitrogens with zero attached hydrogens (tertiary/aromatic N) is 1. The number of hydrogen-bond acceptors (Lipinski definition) is 2. The highest BCUT2D eigenvalue weighted by atomic mass is 16.4. The second-order valence-electron chi connectivity index (χ2n) is 6.10. The fourth-order valence-corrected chi connectivity index (χ4v) is 3.09. The SMILES string of the molecule is Cc1ccc(-c2nc3ccc(C)cc3c(C(=O)O)c2C)c(C)c1. The largest absolute Gasteiger partial charge is 0.478 e. The summed E-state index contributed by atoms with van der Waals surface area (Å²) >= 11 is 0. The van der Waals surface area contributed by atoms with Gasteiger partial charge in [-0.1, -0.05) is 35.4 Å². The third-order valence-corrected chi connectivity index (χ3v) is 4.23. The maximum absolute atomic E-state index is 11.8. The minimum atomic E-state index is -0.911. The van der Waals surface area contributed by atoms with E-state index in [2.05, 4.69) is 6.07 Å². The Labute approximate surface area is 135 Å². The molecule has 0 saturated carbocycles. The molecule has 0 radical (unpaired) electrons. The lowest BCUT2D eigenvalue weighted by Gasteiger charge is -2.14. The Morgan fingerprint density at radius 2 is 1.61 bits per heavy atom. The molecule has 116 valence electrons. The van der Waals surface area contributed by atoms with Crippen LogP contribution >= 0.6 is 0 Å². The molecule has 2 aromatic carbocycles. The van der Waals surface area contributed by atoms with Crippen molar-refractivity contribution in [2.75, 3.05) is 0 Å². The van der Waals surface area contributed by atoms with Gasteiger partial charge in [0.15, 0.2) is 0 Å². The van der Waals surface area contributed by atoms with E-state index in [-0.39, 0.29) is 0 Å². The van der Waals surface area contributed by atoms with Gasteiger partial charge >= 0.3 is 5.97 Å². The monoisotopic (exact) mass is 305 g/mol. The molecule has 0 saturated heterocycles. The van der Waals surface area contributed by atoms with Gasteiger partial charge in [-0.05, 0) is 51.0 Å². The molecular formula is C20H19NO2. The van der Waals surface area contributed by atoms with Gasteiger partial charge in [-0.2, -0.15) is 0 Å². The number of aryl methyl sites for hydroxylation is 3. The first-order chi connectivity index (χ1) is 10.9. The van der Waals surface area contributed by atoms with Crippen LogP contribution in [0.5, 0.6) is 0 Å². The van der Waals surface area contributed by atoms with E-state index in [1.165, 1.54) is 5.56 Å². The van der Waals surface area contributed by atoms with Crippen LogP contribution in [0.1, 0.15) is 32.6 Å². The minimum absolute atomic E-state index is 0.341. The Kier molecular flexibility index (Phi) is 3.64. The number of aromatic nitrogens is 1. The molecule has 3 rings (SSSR count). The van der Waals surface area contributed by atoms with Crippen molar-refractivity contribution < 1.29 is 9.90 Å². The first-order valence-corrected chi connectivity index (χ1v) is 7.60. The molecular weight excluding hydrogens is 286 g/mol. The van der Waals surface area contributed by atoms with Crippen LogP contribution in [0.25, 0.3) is 22.2 Å². The van der Waals surface area contributed by atoms with E-state index in [9.17, 15) is 9.90 Å². The molecule has 1 heterocycles. The molecule has 0 fully saturated rings. The number of rotatable bonds is 2. The highest BCUT2D eigenvalue weighted by Crippen LogP contribution is 2.32. The molecule has 1 aromatic heterocycles. The number of carbonyl (C=O) groups is 1. The van der Waals surface area contributed by atoms with Crippen LogP contribution in [0.15, 0.2) is 36.4 Å². The molecule has 0 atom stereocenters. The first kappa shape index (κ1) is 15.2. The molecule has 0 aliphatic carbocycles. The van der Waals surface area contributed by atoms with Crippen LogP contribution in [0.3, 0.4) is 0 Å². The predicted octanol–water partition coefficient (Wildman–Crippen LogP) is 4.83. The van der Waals surface area contributed by atoms with Crippen molar-refractivity contribution in [3.05, 3.63) is 64.2 Å². The van der Waals surface area contributed by atoms with Crippen molar-refractivity contribution >= 4 is 16.9 Å². The third-order valence-electron chi connectivity index (χ3n) is 4.23. The number of benzene rings is 2. The van der Waals surface area contributed by atoms with Crippen LogP contribution < -0.4 is 0 Å². The summed E-state index contributed by atoms with van der Waals surface area (Å²) in [7, 11) is 0. The number of carboxylic acid groups (broad SMARTS) is 1. The lowest BCUT2D eigenvalue weighted by Crippen LogP contribution is -2.05. The van der Waals surface area contributed by atoms with Gasteiger partial charge in [0, 0.05) is 10.9 Å². The zero-order chi connectivity index (χ0) is 16.7. The van der Waals surface area contributed by atoms with E-state index in [4.69, 9.17) is 4.98 Å². The maximum Gasteiger partial charge on any atom is 0.336 e. The second-order valence-corrected chi connectivity index (χ2v) is 6.10. The number of carboxylic acids is 1. The van der Waals surface area contributed by atoms with Crippen LogP contribution in [0.4, 0.5) is 0 Å². The zero-order valence-corrected chi connectivity index (χ0v) is 13.8. The molecule has 0 amide bonds. The molecule has 0 aliphatic heterocycles. The molecule has 23 heavy (non-hydrogen) atoms. The number of aromatic carboxylic acids is 1. The molecule has 0 spiro atoms. The van der Waals surface area contributed by atoms with Crippen molar-refractivity contribution in [3.63, 3.8) is 0 Å². The smallest absolute Gasteiger partial charge is 0.336 e. The van der Waals surface area contributed by atoms with Crippen molar-refractivity contribution in [1.82, 2.24) is 4.98 Å². The topological polar surface area (TPSA) is 50.2 Å². The van der Waals surface area contributed by atoms with Crippen molar-refractivity contribution in [2.45, 2.75) is 27.7 Å². The van der Waals surface area contributed by atoms with Crippen LogP contribution in [0.2, 0.25) is 0 Å². The predicted molar refractivity (Wildman–Crippen MR) is 93.1 cm³/mol. The lowest BCUT2D eigenvalue weighted by atomic mass is 9.94. The van der Waals surface area contributed by atoms with Gasteiger partial charge in [-0.15, -0.1) is 0 Å². The summed E-state index contributed by atoms with van der Waals surface area (Å²) in [5.74, 6) is -0.911. The second kappa shape index (κ2) is 5.51. The molecule has 3 heteroatoms. The average molecular weight is 305 g/mol. The van der Waals surface area contributed by atoms with E-state index in [1.54, 1.807) is 0 Å². The maximum atomic E-state index is 11.8. The summed E-state index contributed by atoms with van der Waals surface area (Å²) in [5.41, 5.74) is 6.81. The lowest BCUT2D eigenvalue weighted by molar-refractivity contribution is 0.0698. The van der Waals surface area contributed by atoms with E-state index >= 15 is 0 Å². The minimum Gasteiger partial charge on any atom is -0.478 e. The van der Waals surface area contributed by atoms with Gasteiger partial charge in [-0.3, -0.25) is 0 Å². The van der Waals surface area contributed by atoms with E-state index in [1.807, 2.05) is 58.0 Å². The Morgan fingerprint density at radius 3 is 2.26 bits per heavy atom. The van der Waals surface area contributed by atoms with Gasteiger partial charge < -0.3 is 5.11 Å². The van der Waals surface area contributed by atoms with E-state index in [0.29, 0.717) is 22.0 Å². The van der Waals surface area contributed by atoms with Gasteiger partial charge in [-0.25, -0.2) is 9.78 Å². The highest BCUT2D eigenvalue weighted by molar-refractivity contribution is 6.05. The summed E-state index contributed by atoms with van der Waals surface area (Å²) in [5, 5.41) is 10.4. The first-order valence-electron chi connectivity index (χ1n) is 7.60. The highest BCUT2D eigenvalue weighted by Gasteiger charge is 2.19. The summed E-state index contributed by atoms with van der Waals surface area (Å²) in [6.45, 7) is 7.87. The Balaban J connectivity index is 2.41. The molecule has 3 aromatic rings. The number of pyridine rings is 1. The fraction of sp³-hybridized carbons (Fsp3) is 0.200. The number of hydrogen-bond donors (Lipinski definition) is 1. The molecule has 0 unspecified atom stereocenters. The fourth-order valence-electron chi connectivity index (χ4n) is 3.09. The van der Waals surface area contributed by atoms with Crippen molar-refractivity contribution in [2.24, 2.45) is 0 Å². The van der Waals surface area contributed by atoms with Gasteiger partial charge in [0.05, 0.1) is 16.8 Å². The Hall–Kier alpha value is -2.68. The summed E-state index contributed by atoms with van der Waals surface area (Å²) in [4.78, 5) is 16.6. The normalized spacial score (nSPS) is 11.0. The molecule has 0 bridgehead atoms. The van der Waals surface area contributed by atoms with Gasteiger partial charge in [0.2, 0.25) is 0 Å². The third kappa shape index (κ3) is 2.59. The summed E-state index contributed by atoms with van der Waals surface area (Å²) in [6, 6.07) is 11.9. The van der Waals surface area contributed by atoms with Gasteiger partial charge in [0.1, 0.15) is 0 Å². The van der Waals surface area contributed by atoms with E-state index in [0.717, 1.165) is 22.4 Å². The summed E-state index contributed by atoms with van der Waals surface area (Å²) in [6.07, 6.45) is 0. The van der Waals surface area contributed by atoms with Crippen molar-refractivity contribution in [3.8, 4) is 11.3 Å². The Bertz CT molecular complexity index is 942. The molecule has 0 aliphatic rings. The standard InChI is InChI=1S/C20H19NO2/c1-11-5-7-15(13(3)9-11)19-14(4)18(20(22)23)16-10-12(2)6-8-17(16)21-19/h5-10H,1-4H3,(H,22,23).